The molecule has 2 aromatic carbocycles. The lowest BCUT2D eigenvalue weighted by atomic mass is 10.1. The molecule has 1 aromatic heterocycles. The molecule has 0 radical (unpaired) electrons. The van der Waals surface area contributed by atoms with Crippen LogP contribution in [0, 0.1) is 6.92 Å². The number of rotatable bonds is 3. The molecule has 1 atom stereocenters. The molecule has 2 heterocycles. The summed E-state index contributed by atoms with van der Waals surface area (Å²) in [4.78, 5) is 16.5. The highest BCUT2D eigenvalue weighted by Crippen LogP contribution is 2.38. The van der Waals surface area contributed by atoms with Crippen LogP contribution < -0.4 is 4.74 Å². The second-order valence-corrected chi connectivity index (χ2v) is 6.08. The maximum Gasteiger partial charge on any atom is 0.309 e. The number of fused-ring (bicyclic) bond motifs is 3. The molecule has 0 saturated heterocycles. The van der Waals surface area contributed by atoms with Gasteiger partial charge in [-0.2, -0.15) is 0 Å². The second-order valence-electron chi connectivity index (χ2n) is 6.08. The van der Waals surface area contributed by atoms with Crippen LogP contribution in [0.2, 0.25) is 0 Å². The molecule has 0 bridgehead atoms. The summed E-state index contributed by atoms with van der Waals surface area (Å²) in [5.41, 5.74) is 3.94. The fourth-order valence-corrected chi connectivity index (χ4v) is 3.05. The van der Waals surface area contributed by atoms with Crippen molar-refractivity contribution >= 4 is 5.97 Å². The van der Waals surface area contributed by atoms with E-state index in [1.807, 2.05) is 60.2 Å². The standard InChI is InChI=1S/C20H18N2O3/c1-13-8-9-17-16(10-13)22-12-15(14-6-4-3-5-7-14)21-20(22)18(25-17)11-19(23)24-2/h3-10,12,18H,11H2,1-2H3. The fraction of sp³-hybridized carbons (Fsp3) is 0.200. The molecule has 5 heteroatoms. The third-order valence-corrected chi connectivity index (χ3v) is 4.31. The molecular formula is C20H18N2O3. The largest absolute Gasteiger partial charge is 0.480 e. The zero-order valence-electron chi connectivity index (χ0n) is 14.1. The zero-order valence-corrected chi connectivity index (χ0v) is 14.1. The Balaban J connectivity index is 1.84. The zero-order chi connectivity index (χ0) is 17.4. The Hall–Kier alpha value is -3.08. The lowest BCUT2D eigenvalue weighted by Gasteiger charge is -2.26. The van der Waals surface area contributed by atoms with Gasteiger partial charge in [-0.15, -0.1) is 0 Å². The number of esters is 1. The predicted octanol–water partition coefficient (Wildman–Crippen LogP) is 3.84. The molecule has 0 saturated carbocycles. The van der Waals surface area contributed by atoms with Crippen molar-refractivity contribution in [1.29, 1.82) is 0 Å². The van der Waals surface area contributed by atoms with Gasteiger partial charge in [0.05, 0.1) is 24.9 Å². The van der Waals surface area contributed by atoms with Crippen LogP contribution in [0.4, 0.5) is 0 Å². The van der Waals surface area contributed by atoms with Crippen molar-refractivity contribution in [2.24, 2.45) is 0 Å². The van der Waals surface area contributed by atoms with E-state index < -0.39 is 6.10 Å². The molecule has 1 aliphatic heterocycles. The molecule has 0 N–H and O–H groups in total. The smallest absolute Gasteiger partial charge is 0.309 e. The van der Waals surface area contributed by atoms with Gasteiger partial charge in [0.25, 0.3) is 0 Å². The minimum absolute atomic E-state index is 0.120. The lowest BCUT2D eigenvalue weighted by Crippen LogP contribution is -2.22. The van der Waals surface area contributed by atoms with Crippen LogP contribution in [-0.4, -0.2) is 22.6 Å². The summed E-state index contributed by atoms with van der Waals surface area (Å²) < 4.78 is 12.9. The van der Waals surface area contributed by atoms with Crippen LogP contribution in [0.15, 0.2) is 54.7 Å². The van der Waals surface area contributed by atoms with Gasteiger partial charge in [0, 0.05) is 11.8 Å². The number of methoxy groups -OCH3 is 1. The Morgan fingerprint density at radius 2 is 2.04 bits per heavy atom. The number of aryl methyl sites for hydroxylation is 1. The lowest BCUT2D eigenvalue weighted by molar-refractivity contribution is -0.142. The minimum atomic E-state index is -0.472. The Morgan fingerprint density at radius 3 is 2.80 bits per heavy atom. The summed E-state index contributed by atoms with van der Waals surface area (Å²) in [6, 6.07) is 15.9. The van der Waals surface area contributed by atoms with Crippen molar-refractivity contribution in [2.45, 2.75) is 19.4 Å². The van der Waals surface area contributed by atoms with Crippen LogP contribution in [0.1, 0.15) is 23.9 Å². The summed E-state index contributed by atoms with van der Waals surface area (Å²) in [6.07, 6.45) is 1.64. The average molecular weight is 334 g/mol. The molecule has 25 heavy (non-hydrogen) atoms. The van der Waals surface area contributed by atoms with E-state index >= 15 is 0 Å². The van der Waals surface area contributed by atoms with Crippen molar-refractivity contribution in [2.75, 3.05) is 7.11 Å². The summed E-state index contributed by atoms with van der Waals surface area (Å²) in [7, 11) is 1.38. The number of aromatic nitrogens is 2. The van der Waals surface area contributed by atoms with Crippen LogP contribution in [0.5, 0.6) is 5.75 Å². The summed E-state index contributed by atoms with van der Waals surface area (Å²) in [5.74, 6) is 1.13. The Labute approximate surface area is 145 Å². The Bertz CT molecular complexity index is 931. The number of imidazole rings is 1. The number of carbonyl (C=O) groups is 1. The van der Waals surface area contributed by atoms with Gasteiger partial charge in [0.2, 0.25) is 0 Å². The van der Waals surface area contributed by atoms with Gasteiger partial charge in [-0.05, 0) is 24.6 Å². The van der Waals surface area contributed by atoms with Gasteiger partial charge in [0.1, 0.15) is 5.75 Å². The third-order valence-electron chi connectivity index (χ3n) is 4.31. The van der Waals surface area contributed by atoms with Crippen LogP contribution >= 0.6 is 0 Å². The molecule has 0 amide bonds. The van der Waals surface area contributed by atoms with Gasteiger partial charge in [0.15, 0.2) is 11.9 Å². The maximum absolute atomic E-state index is 11.8. The summed E-state index contributed by atoms with van der Waals surface area (Å²) in [5, 5.41) is 0. The van der Waals surface area contributed by atoms with Gasteiger partial charge >= 0.3 is 5.97 Å². The molecule has 1 unspecified atom stereocenters. The van der Waals surface area contributed by atoms with Gasteiger partial charge < -0.3 is 9.47 Å². The molecule has 0 aliphatic carbocycles. The molecule has 5 nitrogen and oxygen atoms in total. The van der Waals surface area contributed by atoms with Crippen LogP contribution in [0.25, 0.3) is 16.9 Å². The quantitative estimate of drug-likeness (QED) is 0.683. The number of hydrogen-bond donors (Lipinski definition) is 0. The van der Waals surface area contributed by atoms with Gasteiger partial charge in [-0.25, -0.2) is 4.98 Å². The van der Waals surface area contributed by atoms with Gasteiger partial charge in [-0.3, -0.25) is 9.36 Å². The molecule has 3 aromatic rings. The topological polar surface area (TPSA) is 53.4 Å². The minimum Gasteiger partial charge on any atom is -0.480 e. The van der Waals surface area contributed by atoms with Gasteiger partial charge in [-0.1, -0.05) is 36.4 Å². The molecule has 0 spiro atoms. The van der Waals surface area contributed by atoms with E-state index in [0.717, 1.165) is 28.3 Å². The molecule has 4 rings (SSSR count). The first-order chi connectivity index (χ1) is 12.2. The van der Waals surface area contributed by atoms with E-state index in [0.29, 0.717) is 5.82 Å². The van der Waals surface area contributed by atoms with E-state index in [1.54, 1.807) is 0 Å². The highest BCUT2D eigenvalue weighted by molar-refractivity contribution is 5.70. The first-order valence-electron chi connectivity index (χ1n) is 8.15. The molecule has 0 fully saturated rings. The second kappa shape index (κ2) is 6.09. The van der Waals surface area contributed by atoms with Crippen molar-refractivity contribution in [3.63, 3.8) is 0 Å². The van der Waals surface area contributed by atoms with E-state index in [9.17, 15) is 4.79 Å². The normalized spacial score (nSPS) is 15.0. The predicted molar refractivity (Wildman–Crippen MR) is 93.7 cm³/mol. The maximum atomic E-state index is 11.8. The molecule has 1 aliphatic rings. The number of hydrogen-bond acceptors (Lipinski definition) is 4. The monoisotopic (exact) mass is 334 g/mol. The highest BCUT2D eigenvalue weighted by Gasteiger charge is 2.31. The first kappa shape index (κ1) is 15.4. The third kappa shape index (κ3) is 2.78. The average Bonchev–Trinajstić information content (AvgIpc) is 3.09. The molecular weight excluding hydrogens is 316 g/mol. The summed E-state index contributed by atoms with van der Waals surface area (Å²) >= 11 is 0. The van der Waals surface area contributed by atoms with Crippen molar-refractivity contribution < 1.29 is 14.3 Å². The van der Waals surface area contributed by atoms with E-state index in [4.69, 9.17) is 14.5 Å². The SMILES string of the molecule is COC(=O)CC1Oc2ccc(C)cc2-n2cc(-c3ccccc3)nc21. The van der Waals surface area contributed by atoms with E-state index in [2.05, 4.69) is 6.07 Å². The van der Waals surface area contributed by atoms with Crippen LogP contribution in [-0.2, 0) is 9.53 Å². The number of carbonyl (C=O) groups excluding carboxylic acids is 1. The van der Waals surface area contributed by atoms with Crippen molar-refractivity contribution in [3.05, 3.63) is 66.1 Å². The first-order valence-corrected chi connectivity index (χ1v) is 8.15. The van der Waals surface area contributed by atoms with Crippen molar-refractivity contribution in [1.82, 2.24) is 9.55 Å². The van der Waals surface area contributed by atoms with Crippen LogP contribution in [0.3, 0.4) is 0 Å². The fourth-order valence-electron chi connectivity index (χ4n) is 3.05. The van der Waals surface area contributed by atoms with E-state index in [-0.39, 0.29) is 12.4 Å². The highest BCUT2D eigenvalue weighted by atomic mass is 16.5. The Morgan fingerprint density at radius 1 is 1.24 bits per heavy atom. The van der Waals surface area contributed by atoms with Crippen molar-refractivity contribution in [3.8, 4) is 22.7 Å². The summed E-state index contributed by atoms with van der Waals surface area (Å²) in [6.45, 7) is 2.04. The Kier molecular flexibility index (Phi) is 3.76. The van der Waals surface area contributed by atoms with E-state index in [1.165, 1.54) is 7.11 Å². The number of benzene rings is 2. The molecule has 126 valence electrons. The number of ether oxygens (including phenoxy) is 2. The number of nitrogens with zero attached hydrogens (tertiary/aromatic N) is 2.